The molecule has 0 N–H and O–H groups in total. The van der Waals surface area contributed by atoms with E-state index in [0.717, 1.165) is 12.8 Å². The molecule has 0 saturated carbocycles. The third kappa shape index (κ3) is 0.898. The molecule has 0 spiro atoms. The van der Waals surface area contributed by atoms with E-state index in [-0.39, 0.29) is 0 Å². The van der Waals surface area contributed by atoms with Crippen LogP contribution in [0.4, 0.5) is 0 Å². The maximum Gasteiger partial charge on any atom is -0.0102 e. The van der Waals surface area contributed by atoms with Gasteiger partial charge in [-0.3, -0.25) is 0 Å². The molecule has 0 amide bonds. The lowest BCUT2D eigenvalue weighted by atomic mass is 10.0. The van der Waals surface area contributed by atoms with Crippen molar-refractivity contribution in [2.24, 2.45) is 0 Å². The van der Waals surface area contributed by atoms with Crippen molar-refractivity contribution in [3.8, 4) is 0 Å². The van der Waals surface area contributed by atoms with E-state index < -0.39 is 0 Å². The van der Waals surface area contributed by atoms with Crippen molar-refractivity contribution in [1.82, 2.24) is 0 Å². The van der Waals surface area contributed by atoms with Crippen molar-refractivity contribution in [1.29, 1.82) is 0 Å². The second-order valence-corrected chi connectivity index (χ2v) is 4.49. The van der Waals surface area contributed by atoms with Crippen LogP contribution in [0.25, 0.3) is 35.1 Å². The van der Waals surface area contributed by atoms with Crippen LogP contribution < -0.4 is 20.9 Å². The fraction of sp³-hybridized carbons (Fsp3) is 0.125. The van der Waals surface area contributed by atoms with E-state index in [2.05, 4.69) is 48.6 Å². The van der Waals surface area contributed by atoms with Crippen LogP contribution in [0.5, 0.6) is 0 Å². The number of fused-ring (bicyclic) bond motifs is 6. The topological polar surface area (TPSA) is 0 Å². The standard InChI is InChI=1S/C16H12/c1-2-6-12-11(5-1)13-7-3-9-15(13)16-10-4-8-14(12)16/h1-2,5-10H,3-4H2. The van der Waals surface area contributed by atoms with Gasteiger partial charge in [-0.05, 0) is 44.5 Å². The summed E-state index contributed by atoms with van der Waals surface area (Å²) in [6.07, 6.45) is 11.6. The predicted octanol–water partition coefficient (Wildman–Crippen LogP) is 0.769. The molecular formula is C16H12. The predicted molar refractivity (Wildman–Crippen MR) is 69.5 cm³/mol. The third-order valence-electron chi connectivity index (χ3n) is 3.67. The van der Waals surface area contributed by atoms with Crippen LogP contribution in [0.3, 0.4) is 0 Å². The Balaban J connectivity index is 2.54. The highest BCUT2D eigenvalue weighted by molar-refractivity contribution is 5.87. The average Bonchev–Trinajstić information content (AvgIpc) is 2.98. The van der Waals surface area contributed by atoms with Gasteiger partial charge >= 0.3 is 0 Å². The summed E-state index contributed by atoms with van der Waals surface area (Å²) < 4.78 is 0. The van der Waals surface area contributed by atoms with Gasteiger partial charge in [-0.2, -0.15) is 0 Å². The lowest BCUT2D eigenvalue weighted by molar-refractivity contribution is 1.48. The van der Waals surface area contributed by atoms with Crippen molar-refractivity contribution in [2.45, 2.75) is 12.8 Å². The minimum Gasteiger partial charge on any atom is -0.0722 e. The molecule has 0 bridgehead atoms. The lowest BCUT2D eigenvalue weighted by Crippen LogP contribution is -2.46. The molecule has 76 valence electrons. The van der Waals surface area contributed by atoms with Gasteiger partial charge in [-0.15, -0.1) is 0 Å². The highest BCUT2D eigenvalue weighted by Gasteiger charge is 2.06. The molecule has 16 heavy (non-hydrogen) atoms. The maximum absolute atomic E-state index is 2.36. The zero-order valence-corrected chi connectivity index (χ0v) is 9.03. The average molecular weight is 204 g/mol. The Bertz CT molecular complexity index is 764. The van der Waals surface area contributed by atoms with Gasteiger partial charge in [0.1, 0.15) is 0 Å². The maximum atomic E-state index is 2.36. The highest BCUT2D eigenvalue weighted by Crippen LogP contribution is 2.05. The van der Waals surface area contributed by atoms with E-state index in [9.17, 15) is 0 Å². The first-order valence-corrected chi connectivity index (χ1v) is 5.87. The van der Waals surface area contributed by atoms with Crippen LogP contribution in [0.2, 0.25) is 0 Å². The van der Waals surface area contributed by atoms with Crippen molar-refractivity contribution in [3.63, 3.8) is 0 Å². The molecule has 0 aliphatic heterocycles. The third-order valence-corrected chi connectivity index (χ3v) is 3.67. The fourth-order valence-electron chi connectivity index (χ4n) is 3.00. The summed E-state index contributed by atoms with van der Waals surface area (Å²) in [5.74, 6) is 0. The van der Waals surface area contributed by atoms with E-state index in [1.165, 1.54) is 31.6 Å². The fourth-order valence-corrected chi connectivity index (χ4v) is 3.00. The molecule has 2 aromatic carbocycles. The summed E-state index contributed by atoms with van der Waals surface area (Å²) >= 11 is 0. The molecule has 0 saturated heterocycles. The summed E-state index contributed by atoms with van der Waals surface area (Å²) in [6.45, 7) is 0. The van der Waals surface area contributed by atoms with Gasteiger partial charge in [0, 0.05) is 0 Å². The first kappa shape index (κ1) is 8.35. The molecule has 0 heterocycles. The van der Waals surface area contributed by atoms with E-state index in [0.29, 0.717) is 0 Å². The molecule has 2 aliphatic rings. The van der Waals surface area contributed by atoms with Gasteiger partial charge in [0.25, 0.3) is 0 Å². The molecule has 0 fully saturated rings. The van der Waals surface area contributed by atoms with Crippen LogP contribution in [0.1, 0.15) is 12.8 Å². The minimum atomic E-state index is 1.09. The summed E-state index contributed by atoms with van der Waals surface area (Å²) in [5, 5.41) is 8.64. The minimum absolute atomic E-state index is 1.09. The summed E-state index contributed by atoms with van der Waals surface area (Å²) in [6, 6.07) is 8.77. The lowest BCUT2D eigenvalue weighted by Gasteiger charge is -2.00. The highest BCUT2D eigenvalue weighted by atomic mass is 14.1. The van der Waals surface area contributed by atoms with Crippen LogP contribution in [0, 0.1) is 0 Å². The second-order valence-electron chi connectivity index (χ2n) is 4.49. The van der Waals surface area contributed by atoms with Crippen LogP contribution in [-0.4, -0.2) is 0 Å². The molecule has 0 heteroatoms. The quantitative estimate of drug-likeness (QED) is 0.594. The normalized spacial score (nSPS) is 15.8. The molecule has 0 aromatic heterocycles. The Morgan fingerprint density at radius 3 is 1.50 bits per heavy atom. The van der Waals surface area contributed by atoms with Crippen molar-refractivity contribution in [2.75, 3.05) is 0 Å². The van der Waals surface area contributed by atoms with E-state index >= 15 is 0 Å². The first-order valence-electron chi connectivity index (χ1n) is 5.87. The Kier molecular flexibility index (Phi) is 1.49. The number of rotatable bonds is 0. The van der Waals surface area contributed by atoms with Gasteiger partial charge in [0.15, 0.2) is 0 Å². The molecular weight excluding hydrogens is 192 g/mol. The summed E-state index contributed by atoms with van der Waals surface area (Å²) in [7, 11) is 0. The van der Waals surface area contributed by atoms with Gasteiger partial charge in [-0.25, -0.2) is 0 Å². The van der Waals surface area contributed by atoms with Crippen LogP contribution in [0.15, 0.2) is 24.3 Å². The zero-order chi connectivity index (χ0) is 10.5. The van der Waals surface area contributed by atoms with Gasteiger partial charge in [-0.1, -0.05) is 48.6 Å². The van der Waals surface area contributed by atoms with Crippen LogP contribution >= 0.6 is 0 Å². The molecule has 0 nitrogen and oxygen atoms in total. The number of benzene rings is 2. The zero-order valence-electron chi connectivity index (χ0n) is 9.03. The van der Waals surface area contributed by atoms with E-state index in [1.54, 1.807) is 0 Å². The summed E-state index contributed by atoms with van der Waals surface area (Å²) in [5.41, 5.74) is 0. The molecule has 4 rings (SSSR count). The number of hydrogen-bond donors (Lipinski definition) is 0. The Labute approximate surface area is 93.5 Å². The summed E-state index contributed by atoms with van der Waals surface area (Å²) in [4.78, 5) is 0. The molecule has 2 aliphatic carbocycles. The van der Waals surface area contributed by atoms with E-state index in [1.807, 2.05) is 0 Å². The van der Waals surface area contributed by atoms with Crippen LogP contribution in [-0.2, 0) is 0 Å². The molecule has 0 atom stereocenters. The smallest absolute Gasteiger partial charge is 0.0102 e. The van der Waals surface area contributed by atoms with Crippen molar-refractivity contribution < 1.29 is 0 Å². The molecule has 0 radical (unpaired) electrons. The van der Waals surface area contributed by atoms with Gasteiger partial charge < -0.3 is 0 Å². The first-order chi connectivity index (χ1) is 7.95. The van der Waals surface area contributed by atoms with Gasteiger partial charge in [0.2, 0.25) is 0 Å². The Morgan fingerprint density at radius 1 is 0.562 bits per heavy atom. The van der Waals surface area contributed by atoms with Crippen molar-refractivity contribution in [3.05, 3.63) is 45.1 Å². The van der Waals surface area contributed by atoms with Gasteiger partial charge in [0.05, 0.1) is 0 Å². The second kappa shape index (κ2) is 2.85. The molecule has 0 unspecified atom stereocenters. The Morgan fingerprint density at radius 2 is 1.00 bits per heavy atom. The Hall–Kier alpha value is -1.82. The van der Waals surface area contributed by atoms with E-state index in [4.69, 9.17) is 0 Å². The van der Waals surface area contributed by atoms with Crippen molar-refractivity contribution >= 4 is 35.1 Å². The number of hydrogen-bond acceptors (Lipinski definition) is 0. The largest absolute Gasteiger partial charge is 0.0722 e. The SMILES string of the molecule is C1=c2c3c(c4ccccc4c2=CC1)=CCC=3. The molecule has 2 aromatic rings. The monoisotopic (exact) mass is 204 g/mol.